The molecule has 0 atom stereocenters. The first-order chi connectivity index (χ1) is 9.13. The molecule has 1 rings (SSSR count). The fraction of sp³-hybridized carbons (Fsp3) is 0.308. The Kier molecular flexibility index (Phi) is 6.60. The highest BCUT2D eigenvalue weighted by Crippen LogP contribution is 2.20. The van der Waals surface area contributed by atoms with Crippen LogP contribution in [0.25, 0.3) is 0 Å². The van der Waals surface area contributed by atoms with Gasteiger partial charge >= 0.3 is 0 Å². The van der Waals surface area contributed by atoms with Gasteiger partial charge in [0.1, 0.15) is 0 Å². The molecule has 19 heavy (non-hydrogen) atoms. The van der Waals surface area contributed by atoms with E-state index in [-0.39, 0.29) is 24.7 Å². The minimum Gasteiger partial charge on any atom is -0.325 e. The number of benzene rings is 1. The summed E-state index contributed by atoms with van der Waals surface area (Å²) in [5, 5.41) is 6.80. The number of hydrazone groups is 1. The Morgan fingerprint density at radius 3 is 2.63 bits per heavy atom. The molecule has 6 heteroatoms. The lowest BCUT2D eigenvalue weighted by Gasteiger charge is -2.06. The highest BCUT2D eigenvalue weighted by Gasteiger charge is 2.08. The molecule has 0 spiro atoms. The number of halogens is 1. The molecular formula is C13H16ClN3O2. The van der Waals surface area contributed by atoms with Gasteiger partial charge in [-0.1, -0.05) is 30.7 Å². The molecule has 2 N–H and O–H groups in total. The van der Waals surface area contributed by atoms with E-state index < -0.39 is 0 Å². The van der Waals surface area contributed by atoms with Crippen molar-refractivity contribution >= 4 is 35.3 Å². The van der Waals surface area contributed by atoms with Crippen LogP contribution < -0.4 is 10.7 Å². The van der Waals surface area contributed by atoms with E-state index in [1.54, 1.807) is 30.5 Å². The number of nitrogens with zero attached hydrogens (tertiary/aromatic N) is 1. The number of carbonyl (C=O) groups is 2. The van der Waals surface area contributed by atoms with Gasteiger partial charge in [-0.25, -0.2) is 5.43 Å². The van der Waals surface area contributed by atoms with Crippen LogP contribution in [0.1, 0.15) is 26.2 Å². The Morgan fingerprint density at radius 2 is 1.95 bits per heavy atom. The second-order valence-corrected chi connectivity index (χ2v) is 4.19. The lowest BCUT2D eigenvalue weighted by molar-refractivity contribution is -0.124. The van der Waals surface area contributed by atoms with Crippen LogP contribution in [0.4, 0.5) is 5.69 Å². The molecule has 0 radical (unpaired) electrons. The Morgan fingerprint density at radius 1 is 1.26 bits per heavy atom. The number of para-hydroxylation sites is 1. The molecule has 0 fully saturated rings. The molecule has 0 aliphatic heterocycles. The second kappa shape index (κ2) is 8.26. The van der Waals surface area contributed by atoms with Crippen molar-refractivity contribution in [2.24, 2.45) is 5.10 Å². The van der Waals surface area contributed by atoms with E-state index in [4.69, 9.17) is 11.6 Å². The largest absolute Gasteiger partial charge is 0.325 e. The molecule has 0 saturated carbocycles. The van der Waals surface area contributed by atoms with Crippen molar-refractivity contribution in [2.75, 3.05) is 5.32 Å². The average Bonchev–Trinajstić information content (AvgIpc) is 2.39. The van der Waals surface area contributed by atoms with Crippen molar-refractivity contribution in [3.63, 3.8) is 0 Å². The van der Waals surface area contributed by atoms with Gasteiger partial charge < -0.3 is 5.32 Å². The summed E-state index contributed by atoms with van der Waals surface area (Å²) < 4.78 is 0. The molecular weight excluding hydrogens is 266 g/mol. The monoisotopic (exact) mass is 281 g/mol. The van der Waals surface area contributed by atoms with Gasteiger partial charge in [0.2, 0.25) is 11.8 Å². The fourth-order valence-corrected chi connectivity index (χ4v) is 1.45. The van der Waals surface area contributed by atoms with E-state index in [1.165, 1.54) is 0 Å². The Labute approximate surface area is 117 Å². The zero-order valence-corrected chi connectivity index (χ0v) is 11.4. The minimum absolute atomic E-state index is 0.0807. The number of nitrogens with one attached hydrogen (secondary N) is 2. The van der Waals surface area contributed by atoms with Crippen LogP contribution in [0, 0.1) is 0 Å². The number of hydrogen-bond donors (Lipinski definition) is 2. The third-order valence-corrected chi connectivity index (χ3v) is 2.52. The summed E-state index contributed by atoms with van der Waals surface area (Å²) in [5.74, 6) is -0.554. The number of rotatable bonds is 6. The molecule has 0 heterocycles. The van der Waals surface area contributed by atoms with Crippen LogP contribution in [0.15, 0.2) is 29.4 Å². The van der Waals surface area contributed by atoms with Gasteiger partial charge in [-0.15, -0.1) is 0 Å². The summed E-state index contributed by atoms with van der Waals surface area (Å²) in [6.07, 6.45) is 2.49. The first kappa shape index (κ1) is 15.2. The van der Waals surface area contributed by atoms with E-state index >= 15 is 0 Å². The number of hydrogen-bond acceptors (Lipinski definition) is 3. The molecule has 0 bridgehead atoms. The molecule has 1 aromatic rings. The third-order valence-electron chi connectivity index (χ3n) is 2.19. The van der Waals surface area contributed by atoms with Crippen molar-refractivity contribution < 1.29 is 9.59 Å². The predicted octanol–water partition coefficient (Wildman–Crippen LogP) is 2.57. The number of carbonyl (C=O) groups excluding carboxylic acids is 2. The number of amides is 2. The van der Waals surface area contributed by atoms with E-state index in [0.717, 1.165) is 6.42 Å². The first-order valence-electron chi connectivity index (χ1n) is 5.98. The zero-order chi connectivity index (χ0) is 14.1. The summed E-state index contributed by atoms with van der Waals surface area (Å²) in [4.78, 5) is 22.9. The van der Waals surface area contributed by atoms with Gasteiger partial charge in [0, 0.05) is 19.1 Å². The van der Waals surface area contributed by atoms with Gasteiger partial charge in [-0.2, -0.15) is 5.10 Å². The average molecular weight is 282 g/mol. The van der Waals surface area contributed by atoms with E-state index in [1.807, 2.05) is 6.92 Å². The standard InChI is InChI=1S/C13H16ClN3O2/c1-2-9-15-17-13(19)8-7-12(18)16-11-6-4-3-5-10(11)14/h3-6,9H,2,7-8H2,1H3,(H,16,18)(H,17,19). The van der Waals surface area contributed by atoms with Gasteiger partial charge in [-0.3, -0.25) is 9.59 Å². The van der Waals surface area contributed by atoms with Crippen molar-refractivity contribution in [3.8, 4) is 0 Å². The van der Waals surface area contributed by atoms with Gasteiger partial charge in [0.15, 0.2) is 0 Å². The molecule has 0 aromatic heterocycles. The summed E-state index contributed by atoms with van der Waals surface area (Å²) in [6.45, 7) is 1.91. The van der Waals surface area contributed by atoms with Crippen LogP contribution in [-0.4, -0.2) is 18.0 Å². The predicted molar refractivity (Wildman–Crippen MR) is 76.2 cm³/mol. The minimum atomic E-state index is -0.293. The zero-order valence-electron chi connectivity index (χ0n) is 10.6. The molecule has 102 valence electrons. The molecule has 0 aliphatic rings. The Bertz CT molecular complexity index is 475. The number of anilines is 1. The highest BCUT2D eigenvalue weighted by atomic mass is 35.5. The van der Waals surface area contributed by atoms with Crippen LogP contribution in [0.3, 0.4) is 0 Å². The smallest absolute Gasteiger partial charge is 0.240 e. The van der Waals surface area contributed by atoms with Crippen LogP contribution >= 0.6 is 11.6 Å². The topological polar surface area (TPSA) is 70.6 Å². The van der Waals surface area contributed by atoms with E-state index in [0.29, 0.717) is 10.7 Å². The fourth-order valence-electron chi connectivity index (χ4n) is 1.27. The Balaban J connectivity index is 2.34. The van der Waals surface area contributed by atoms with Crippen molar-refractivity contribution in [3.05, 3.63) is 29.3 Å². The lowest BCUT2D eigenvalue weighted by Crippen LogP contribution is -2.20. The van der Waals surface area contributed by atoms with Gasteiger partial charge in [0.25, 0.3) is 0 Å². The molecule has 2 amide bonds. The summed E-state index contributed by atoms with van der Waals surface area (Å²) in [7, 11) is 0. The third kappa shape index (κ3) is 6.01. The summed E-state index contributed by atoms with van der Waals surface area (Å²) in [5.41, 5.74) is 2.88. The van der Waals surface area contributed by atoms with Crippen molar-refractivity contribution in [1.29, 1.82) is 0 Å². The molecule has 0 saturated heterocycles. The lowest BCUT2D eigenvalue weighted by atomic mass is 10.2. The normalized spacial score (nSPS) is 10.4. The molecule has 0 aliphatic carbocycles. The SMILES string of the molecule is CCC=NNC(=O)CCC(=O)Nc1ccccc1Cl. The van der Waals surface area contributed by atoms with Crippen LogP contribution in [0.2, 0.25) is 5.02 Å². The maximum absolute atomic E-state index is 11.6. The van der Waals surface area contributed by atoms with Crippen molar-refractivity contribution in [2.45, 2.75) is 26.2 Å². The second-order valence-electron chi connectivity index (χ2n) is 3.78. The van der Waals surface area contributed by atoms with Gasteiger partial charge in [-0.05, 0) is 18.6 Å². The van der Waals surface area contributed by atoms with E-state index in [9.17, 15) is 9.59 Å². The van der Waals surface area contributed by atoms with Crippen LogP contribution in [0.5, 0.6) is 0 Å². The summed E-state index contributed by atoms with van der Waals surface area (Å²) in [6, 6.07) is 6.93. The van der Waals surface area contributed by atoms with Gasteiger partial charge in [0.05, 0.1) is 10.7 Å². The quantitative estimate of drug-likeness (QED) is 0.621. The molecule has 1 aromatic carbocycles. The Hall–Kier alpha value is -1.88. The van der Waals surface area contributed by atoms with Crippen LogP contribution in [-0.2, 0) is 9.59 Å². The molecule has 5 nitrogen and oxygen atoms in total. The van der Waals surface area contributed by atoms with Crippen molar-refractivity contribution in [1.82, 2.24) is 5.43 Å². The maximum atomic E-state index is 11.6. The maximum Gasteiger partial charge on any atom is 0.240 e. The highest BCUT2D eigenvalue weighted by molar-refractivity contribution is 6.33. The van der Waals surface area contributed by atoms with E-state index in [2.05, 4.69) is 15.8 Å². The summed E-state index contributed by atoms with van der Waals surface area (Å²) >= 11 is 5.90. The molecule has 0 unspecified atom stereocenters. The first-order valence-corrected chi connectivity index (χ1v) is 6.36.